The van der Waals surface area contributed by atoms with Gasteiger partial charge in [-0.05, 0) is 35.9 Å². The molecule has 2 aromatic carbocycles. The van der Waals surface area contributed by atoms with E-state index in [4.69, 9.17) is 0 Å². The van der Waals surface area contributed by atoms with Gasteiger partial charge in [0.05, 0.1) is 16.9 Å². The number of aromatic nitrogens is 2. The molecule has 1 amide bonds. The van der Waals surface area contributed by atoms with Crippen molar-refractivity contribution < 1.29 is 18.0 Å². The molecule has 0 aliphatic carbocycles. The van der Waals surface area contributed by atoms with Crippen LogP contribution in [0.15, 0.2) is 73.1 Å². The molecule has 7 heteroatoms. The number of hydrogen-bond donors (Lipinski definition) is 1. The van der Waals surface area contributed by atoms with Crippen LogP contribution >= 0.6 is 0 Å². The second kappa shape index (κ2) is 7.26. The lowest BCUT2D eigenvalue weighted by molar-refractivity contribution is -0.137. The van der Waals surface area contributed by atoms with Crippen LogP contribution in [0.4, 0.5) is 18.9 Å². The van der Waals surface area contributed by atoms with Crippen LogP contribution in [0.3, 0.4) is 0 Å². The van der Waals surface area contributed by atoms with Crippen molar-refractivity contribution in [3.05, 3.63) is 84.2 Å². The van der Waals surface area contributed by atoms with Gasteiger partial charge >= 0.3 is 6.18 Å². The Kier molecular flexibility index (Phi) is 4.88. The Hall–Kier alpha value is -3.35. The molecule has 0 saturated carbocycles. The van der Waals surface area contributed by atoms with Crippen LogP contribution in [0, 0.1) is 0 Å². The van der Waals surface area contributed by atoms with Crippen LogP contribution < -0.4 is 5.32 Å². The first kappa shape index (κ1) is 17.5. The minimum atomic E-state index is -4.62. The Balaban J connectivity index is 1.85. The Morgan fingerprint density at radius 2 is 1.85 bits per heavy atom. The fraction of sp³-hybridized carbons (Fsp3) is 0.0526. The fourth-order valence-corrected chi connectivity index (χ4v) is 2.35. The lowest BCUT2D eigenvalue weighted by atomic mass is 10.1. The number of amides is 1. The van der Waals surface area contributed by atoms with Crippen LogP contribution in [-0.2, 0) is 11.0 Å². The molecule has 0 aliphatic heterocycles. The standard InChI is InChI=1S/C19H14F3N3O/c20-19(21,22)16-13-15(25-12-4-11-23-25)8-9-17(16)24-18(26)10-7-14-5-2-1-3-6-14/h1-13H,(H,24,26)/b10-7+. The number of benzene rings is 2. The molecule has 1 aromatic heterocycles. The predicted octanol–water partition coefficient (Wildman–Crippen LogP) is 4.54. The highest BCUT2D eigenvalue weighted by Crippen LogP contribution is 2.36. The molecule has 1 heterocycles. The van der Waals surface area contributed by atoms with E-state index in [1.54, 1.807) is 30.3 Å². The molecule has 3 aromatic rings. The zero-order valence-corrected chi connectivity index (χ0v) is 13.4. The van der Waals surface area contributed by atoms with E-state index in [0.29, 0.717) is 0 Å². The first-order valence-electron chi connectivity index (χ1n) is 7.69. The highest BCUT2D eigenvalue weighted by atomic mass is 19.4. The van der Waals surface area contributed by atoms with E-state index in [2.05, 4.69) is 10.4 Å². The molecule has 4 nitrogen and oxygen atoms in total. The van der Waals surface area contributed by atoms with Gasteiger partial charge < -0.3 is 5.32 Å². The third-order valence-electron chi connectivity index (χ3n) is 3.56. The molecule has 3 rings (SSSR count). The quantitative estimate of drug-likeness (QED) is 0.697. The van der Waals surface area contributed by atoms with Crippen LogP contribution in [0.2, 0.25) is 0 Å². The second-order valence-electron chi connectivity index (χ2n) is 5.41. The maximum absolute atomic E-state index is 13.4. The van der Waals surface area contributed by atoms with Crippen molar-refractivity contribution in [1.82, 2.24) is 9.78 Å². The van der Waals surface area contributed by atoms with Gasteiger partial charge in [-0.1, -0.05) is 30.3 Å². The van der Waals surface area contributed by atoms with Crippen LogP contribution in [-0.4, -0.2) is 15.7 Å². The van der Waals surface area contributed by atoms with Gasteiger partial charge in [-0.3, -0.25) is 4.79 Å². The molecule has 0 saturated heterocycles. The highest BCUT2D eigenvalue weighted by molar-refractivity contribution is 6.02. The number of rotatable bonds is 4. The Morgan fingerprint density at radius 3 is 2.50 bits per heavy atom. The zero-order valence-electron chi connectivity index (χ0n) is 13.4. The van der Waals surface area contributed by atoms with Crippen molar-refractivity contribution in [2.75, 3.05) is 5.32 Å². The van der Waals surface area contributed by atoms with Crippen molar-refractivity contribution in [2.45, 2.75) is 6.18 Å². The Labute approximate surface area is 147 Å². The number of anilines is 1. The predicted molar refractivity (Wildman–Crippen MR) is 92.7 cm³/mol. The summed E-state index contributed by atoms with van der Waals surface area (Å²) in [5.74, 6) is -0.647. The van der Waals surface area contributed by atoms with Gasteiger partial charge in [0.2, 0.25) is 5.91 Å². The largest absolute Gasteiger partial charge is 0.418 e. The lowest BCUT2D eigenvalue weighted by Crippen LogP contribution is -2.15. The Morgan fingerprint density at radius 1 is 1.08 bits per heavy atom. The average Bonchev–Trinajstić information content (AvgIpc) is 3.15. The van der Waals surface area contributed by atoms with E-state index in [0.717, 1.165) is 11.6 Å². The summed E-state index contributed by atoms with van der Waals surface area (Å²) in [7, 11) is 0. The summed E-state index contributed by atoms with van der Waals surface area (Å²) in [5.41, 5.74) is -0.226. The number of halogens is 3. The summed E-state index contributed by atoms with van der Waals surface area (Å²) < 4.78 is 41.4. The molecule has 0 bridgehead atoms. The van der Waals surface area contributed by atoms with Crippen molar-refractivity contribution in [3.8, 4) is 5.69 Å². The van der Waals surface area contributed by atoms with Crippen molar-refractivity contribution >= 4 is 17.7 Å². The monoisotopic (exact) mass is 357 g/mol. The molecule has 0 atom stereocenters. The van der Waals surface area contributed by atoms with Gasteiger partial charge in [0.1, 0.15) is 0 Å². The van der Waals surface area contributed by atoms with Crippen LogP contribution in [0.25, 0.3) is 11.8 Å². The molecule has 0 fully saturated rings. The van der Waals surface area contributed by atoms with Crippen LogP contribution in [0.5, 0.6) is 0 Å². The molecule has 1 N–H and O–H groups in total. The van der Waals surface area contributed by atoms with Crippen molar-refractivity contribution in [2.24, 2.45) is 0 Å². The van der Waals surface area contributed by atoms with Gasteiger partial charge in [0.15, 0.2) is 0 Å². The van der Waals surface area contributed by atoms with Gasteiger partial charge in [-0.25, -0.2) is 4.68 Å². The van der Waals surface area contributed by atoms with E-state index in [1.807, 2.05) is 6.07 Å². The molecule has 0 radical (unpaired) electrons. The molecule has 0 unspecified atom stereocenters. The number of carbonyl (C=O) groups is 1. The molecule has 26 heavy (non-hydrogen) atoms. The van der Waals surface area contributed by atoms with Crippen LogP contribution in [0.1, 0.15) is 11.1 Å². The van der Waals surface area contributed by atoms with Crippen molar-refractivity contribution in [1.29, 1.82) is 0 Å². The van der Waals surface area contributed by atoms with Gasteiger partial charge in [-0.2, -0.15) is 18.3 Å². The summed E-state index contributed by atoms with van der Waals surface area (Å²) in [6.45, 7) is 0. The van der Waals surface area contributed by atoms with E-state index in [9.17, 15) is 18.0 Å². The van der Waals surface area contributed by atoms with E-state index in [1.165, 1.54) is 41.4 Å². The van der Waals surface area contributed by atoms with Gasteiger partial charge in [-0.15, -0.1) is 0 Å². The maximum Gasteiger partial charge on any atom is 0.418 e. The number of carbonyl (C=O) groups excluding carboxylic acids is 1. The maximum atomic E-state index is 13.4. The van der Waals surface area contributed by atoms with Crippen molar-refractivity contribution in [3.63, 3.8) is 0 Å². The summed E-state index contributed by atoms with van der Waals surface area (Å²) in [5, 5.41) is 6.20. The first-order valence-corrected chi connectivity index (χ1v) is 7.69. The van der Waals surface area contributed by atoms with E-state index >= 15 is 0 Å². The summed E-state index contributed by atoms with van der Waals surface area (Å²) >= 11 is 0. The summed E-state index contributed by atoms with van der Waals surface area (Å²) in [6, 6.07) is 14.2. The zero-order chi connectivity index (χ0) is 18.6. The fourth-order valence-electron chi connectivity index (χ4n) is 2.35. The summed E-state index contributed by atoms with van der Waals surface area (Å²) in [4.78, 5) is 12.0. The minimum absolute atomic E-state index is 0.250. The minimum Gasteiger partial charge on any atom is -0.322 e. The highest BCUT2D eigenvalue weighted by Gasteiger charge is 2.34. The van der Waals surface area contributed by atoms with Gasteiger partial charge in [0.25, 0.3) is 0 Å². The molecular formula is C19H14F3N3O. The normalized spacial score (nSPS) is 11.7. The number of nitrogens with one attached hydrogen (secondary N) is 1. The molecule has 0 aliphatic rings. The first-order chi connectivity index (χ1) is 12.4. The van der Waals surface area contributed by atoms with E-state index < -0.39 is 17.6 Å². The second-order valence-corrected chi connectivity index (χ2v) is 5.41. The Bertz CT molecular complexity index is 917. The molecule has 132 valence electrons. The number of alkyl halides is 3. The third-order valence-corrected chi connectivity index (χ3v) is 3.56. The third kappa shape index (κ3) is 4.18. The number of nitrogens with zero attached hydrogens (tertiary/aromatic N) is 2. The summed E-state index contributed by atoms with van der Waals surface area (Å²) in [6.07, 6.45) is 1.11. The molecular weight excluding hydrogens is 343 g/mol. The SMILES string of the molecule is O=C(/C=C/c1ccccc1)Nc1ccc(-n2cccn2)cc1C(F)(F)F. The smallest absolute Gasteiger partial charge is 0.322 e. The lowest BCUT2D eigenvalue weighted by Gasteiger charge is -2.14. The van der Waals surface area contributed by atoms with E-state index in [-0.39, 0.29) is 11.4 Å². The topological polar surface area (TPSA) is 46.9 Å². The van der Waals surface area contributed by atoms with Gasteiger partial charge in [0, 0.05) is 18.5 Å². The molecule has 0 spiro atoms. The number of hydrogen-bond acceptors (Lipinski definition) is 2. The average molecular weight is 357 g/mol.